The molecule has 0 aliphatic carbocycles. The van der Waals surface area contributed by atoms with Crippen molar-refractivity contribution in [1.82, 2.24) is 0 Å². The largest absolute Gasteiger partial charge is 0.467 e. The Morgan fingerprint density at radius 1 is 1.50 bits per heavy atom. The Morgan fingerprint density at radius 3 is 2.91 bits per heavy atom. The molecule has 1 aromatic carbocycles. The van der Waals surface area contributed by atoms with Crippen molar-refractivity contribution in [3.63, 3.8) is 0 Å². The van der Waals surface area contributed by atoms with Gasteiger partial charge in [0, 0.05) is 12.5 Å². The normalized spacial score (nSPS) is 21.2. The van der Waals surface area contributed by atoms with E-state index in [1.807, 2.05) is 0 Å². The van der Waals surface area contributed by atoms with E-state index in [0.29, 0.717) is 24.8 Å². The third-order valence-corrected chi connectivity index (χ3v) is 3.35. The Kier molecular flexibility index (Phi) is 5.29. The highest BCUT2D eigenvalue weighted by molar-refractivity contribution is 5.74. The number of carbonyl (C=O) groups excluding carboxylic acids is 1. The minimum atomic E-state index is -0.753. The van der Waals surface area contributed by atoms with Gasteiger partial charge in [-0.15, -0.1) is 0 Å². The van der Waals surface area contributed by atoms with Crippen LogP contribution in [-0.4, -0.2) is 35.5 Å². The van der Waals surface area contributed by atoms with Gasteiger partial charge in [-0.05, 0) is 24.5 Å². The zero-order chi connectivity index (χ0) is 16.1. The van der Waals surface area contributed by atoms with E-state index in [4.69, 9.17) is 14.6 Å². The fourth-order valence-corrected chi connectivity index (χ4v) is 2.23. The maximum atomic E-state index is 11.5. The van der Waals surface area contributed by atoms with Crippen molar-refractivity contribution >= 4 is 11.7 Å². The highest BCUT2D eigenvalue weighted by Crippen LogP contribution is 2.31. The summed E-state index contributed by atoms with van der Waals surface area (Å²) in [4.78, 5) is 22.0. The Balaban J connectivity index is 2.13. The molecule has 1 heterocycles. The molecule has 8 heteroatoms. The second kappa shape index (κ2) is 7.19. The van der Waals surface area contributed by atoms with Gasteiger partial charge in [0.05, 0.1) is 18.6 Å². The Morgan fingerprint density at radius 2 is 2.27 bits per heavy atom. The molecule has 0 bridgehead atoms. The van der Waals surface area contributed by atoms with Crippen molar-refractivity contribution < 1.29 is 29.0 Å². The molecular weight excluding hydrogens is 294 g/mol. The third kappa shape index (κ3) is 3.71. The molecule has 0 unspecified atom stereocenters. The molecule has 0 radical (unpaired) electrons. The first kappa shape index (κ1) is 16.2. The van der Waals surface area contributed by atoms with Crippen molar-refractivity contribution in [2.75, 3.05) is 7.11 Å². The zero-order valence-corrected chi connectivity index (χ0v) is 12.1. The van der Waals surface area contributed by atoms with E-state index in [-0.39, 0.29) is 18.0 Å². The predicted octanol–water partition coefficient (Wildman–Crippen LogP) is 1.53. The van der Waals surface area contributed by atoms with E-state index in [9.17, 15) is 14.9 Å². The monoisotopic (exact) mass is 311 g/mol. The average Bonchev–Trinajstić information content (AvgIpc) is 2.54. The molecule has 0 aromatic heterocycles. The van der Waals surface area contributed by atoms with E-state index < -0.39 is 23.3 Å². The van der Waals surface area contributed by atoms with Gasteiger partial charge >= 0.3 is 11.7 Å². The van der Waals surface area contributed by atoms with Gasteiger partial charge in [-0.3, -0.25) is 10.1 Å². The summed E-state index contributed by atoms with van der Waals surface area (Å²) in [5.41, 5.74) is 0.159. The SMILES string of the molecule is COC(=O)[C@@H]1CCC[C@H](Oc2ccc(CO)cc2[N+](=O)[O-])O1. The van der Waals surface area contributed by atoms with E-state index in [2.05, 4.69) is 4.74 Å². The third-order valence-electron chi connectivity index (χ3n) is 3.35. The lowest BCUT2D eigenvalue weighted by atomic mass is 10.1. The molecule has 1 aliphatic rings. The molecule has 2 atom stereocenters. The van der Waals surface area contributed by atoms with E-state index >= 15 is 0 Å². The first-order chi connectivity index (χ1) is 10.5. The van der Waals surface area contributed by atoms with Crippen LogP contribution in [0.3, 0.4) is 0 Å². The van der Waals surface area contributed by atoms with Crippen LogP contribution in [0.15, 0.2) is 18.2 Å². The van der Waals surface area contributed by atoms with Gasteiger partial charge in [0.2, 0.25) is 6.29 Å². The second-order valence-electron chi connectivity index (χ2n) is 4.84. The Bertz CT molecular complexity index is 560. The molecule has 1 N–H and O–H groups in total. The summed E-state index contributed by atoms with van der Waals surface area (Å²) in [5.74, 6) is -0.448. The van der Waals surface area contributed by atoms with Crippen LogP contribution in [0.25, 0.3) is 0 Å². The highest BCUT2D eigenvalue weighted by Gasteiger charge is 2.31. The first-order valence-corrected chi connectivity index (χ1v) is 6.83. The highest BCUT2D eigenvalue weighted by atomic mass is 16.7. The molecule has 120 valence electrons. The summed E-state index contributed by atoms with van der Waals surface area (Å²) in [6.07, 6.45) is 0.258. The molecule has 0 amide bonds. The molecule has 2 rings (SSSR count). The molecule has 1 aliphatic heterocycles. The first-order valence-electron chi connectivity index (χ1n) is 6.83. The number of ether oxygens (including phenoxy) is 3. The van der Waals surface area contributed by atoms with E-state index in [1.54, 1.807) is 0 Å². The predicted molar refractivity (Wildman–Crippen MR) is 74.2 cm³/mol. The second-order valence-corrected chi connectivity index (χ2v) is 4.84. The molecule has 0 saturated carbocycles. The number of aliphatic hydroxyl groups is 1. The molecule has 1 fully saturated rings. The smallest absolute Gasteiger partial charge is 0.335 e. The summed E-state index contributed by atoms with van der Waals surface area (Å²) in [7, 11) is 1.27. The van der Waals surface area contributed by atoms with Gasteiger partial charge < -0.3 is 19.3 Å². The summed E-state index contributed by atoms with van der Waals surface area (Å²) in [6.45, 7) is -0.300. The standard InChI is InChI=1S/C14H17NO7/c1-20-14(17)12-3-2-4-13(22-12)21-11-6-5-9(8-16)7-10(11)15(18)19/h5-7,12-13,16H,2-4,8H2,1H3/t12-,13+/m0/s1. The maximum absolute atomic E-state index is 11.5. The van der Waals surface area contributed by atoms with Gasteiger partial charge in [0.1, 0.15) is 0 Å². The fraction of sp³-hybridized carbons (Fsp3) is 0.500. The Labute approximate surface area is 126 Å². The quantitative estimate of drug-likeness (QED) is 0.499. The van der Waals surface area contributed by atoms with Crippen LogP contribution in [0.4, 0.5) is 5.69 Å². The van der Waals surface area contributed by atoms with Gasteiger partial charge in [0.25, 0.3) is 0 Å². The fourth-order valence-electron chi connectivity index (χ4n) is 2.23. The molecule has 22 heavy (non-hydrogen) atoms. The number of nitrogens with zero attached hydrogens (tertiary/aromatic N) is 1. The number of benzene rings is 1. The van der Waals surface area contributed by atoms with Crippen LogP contribution in [0.2, 0.25) is 0 Å². The van der Waals surface area contributed by atoms with Crippen LogP contribution < -0.4 is 4.74 Å². The van der Waals surface area contributed by atoms with Crippen molar-refractivity contribution in [3.05, 3.63) is 33.9 Å². The summed E-state index contributed by atoms with van der Waals surface area (Å²) < 4.78 is 15.6. The number of hydrogen-bond acceptors (Lipinski definition) is 7. The molecule has 8 nitrogen and oxygen atoms in total. The lowest BCUT2D eigenvalue weighted by Crippen LogP contribution is -2.37. The number of aliphatic hydroxyl groups excluding tert-OH is 1. The summed E-state index contributed by atoms with van der Waals surface area (Å²) >= 11 is 0. The summed E-state index contributed by atoms with van der Waals surface area (Å²) in [5, 5.41) is 20.1. The maximum Gasteiger partial charge on any atom is 0.335 e. The lowest BCUT2D eigenvalue weighted by molar-refractivity contribution is -0.386. The zero-order valence-electron chi connectivity index (χ0n) is 12.1. The molecular formula is C14H17NO7. The van der Waals surface area contributed by atoms with Crippen LogP contribution >= 0.6 is 0 Å². The van der Waals surface area contributed by atoms with Crippen molar-refractivity contribution in [3.8, 4) is 5.75 Å². The number of esters is 1. The van der Waals surface area contributed by atoms with Crippen molar-refractivity contribution in [2.45, 2.75) is 38.3 Å². The van der Waals surface area contributed by atoms with E-state index in [1.165, 1.54) is 25.3 Å². The molecule has 1 saturated heterocycles. The number of nitro groups is 1. The van der Waals surface area contributed by atoms with Crippen molar-refractivity contribution in [2.24, 2.45) is 0 Å². The number of carbonyl (C=O) groups is 1. The number of nitro benzene ring substituents is 1. The van der Waals surface area contributed by atoms with Gasteiger partial charge in [-0.1, -0.05) is 6.07 Å². The minimum absolute atomic E-state index is 0.0396. The summed E-state index contributed by atoms with van der Waals surface area (Å²) in [6, 6.07) is 4.19. The average molecular weight is 311 g/mol. The number of rotatable bonds is 5. The minimum Gasteiger partial charge on any atom is -0.467 e. The van der Waals surface area contributed by atoms with Crippen LogP contribution in [0, 0.1) is 10.1 Å². The van der Waals surface area contributed by atoms with Gasteiger partial charge in [-0.2, -0.15) is 0 Å². The van der Waals surface area contributed by atoms with Crippen LogP contribution in [-0.2, 0) is 20.9 Å². The van der Waals surface area contributed by atoms with E-state index in [0.717, 1.165) is 0 Å². The molecule has 0 spiro atoms. The lowest BCUT2D eigenvalue weighted by Gasteiger charge is -2.28. The van der Waals surface area contributed by atoms with Gasteiger partial charge in [-0.25, -0.2) is 4.79 Å². The van der Waals surface area contributed by atoms with Crippen molar-refractivity contribution in [1.29, 1.82) is 0 Å². The number of hydrogen-bond donors (Lipinski definition) is 1. The molecule has 1 aromatic rings. The van der Waals surface area contributed by atoms with Crippen LogP contribution in [0.5, 0.6) is 5.75 Å². The van der Waals surface area contributed by atoms with Gasteiger partial charge in [0.15, 0.2) is 11.9 Å². The Hall–Kier alpha value is -2.19. The van der Waals surface area contributed by atoms with Crippen LogP contribution in [0.1, 0.15) is 24.8 Å². The number of methoxy groups -OCH3 is 1. The topological polar surface area (TPSA) is 108 Å².